The average Bonchev–Trinajstić information content (AvgIpc) is 3.83. The van der Waals surface area contributed by atoms with E-state index in [4.69, 9.17) is 24.9 Å². The van der Waals surface area contributed by atoms with Gasteiger partial charge in [0.2, 0.25) is 11.8 Å². The lowest BCUT2D eigenvalue weighted by Gasteiger charge is -2.31. The van der Waals surface area contributed by atoms with E-state index in [0.29, 0.717) is 77.6 Å². The summed E-state index contributed by atoms with van der Waals surface area (Å²) in [5.74, 6) is -2.43. The molecule has 4 aliphatic rings. The van der Waals surface area contributed by atoms with Crippen LogP contribution >= 0.6 is 0 Å². The number of fused-ring (bicyclic) bond motifs is 8. The third-order valence-electron chi connectivity index (χ3n) is 13.2. The standard InChI is InChI=1S/C48H49FN6O9/c1-3-48(61)34-18-39-43-31(20-55(39)45(58)33(34)22-63-46(48)59)42-36(16-15-26-25(2)35(49)19-38(53-43)41(26)42)52-40(56)23-62-24-51-44(57)37(14-8-9-17-50)54-47(60)64-21-32-29-12-6-4-10-27(29)28-11-5-7-13-30(28)32/h4-7,10-13,18-19,32,36-37,61H,3,8-9,14-17,20-24,50H2,1-2H3,(H,51,57)(H,52,56)(H,54,60)/t36-,37-,48-/m0/s1. The highest BCUT2D eigenvalue weighted by Gasteiger charge is 2.46. The predicted octanol–water partition coefficient (Wildman–Crippen LogP) is 4.76. The first-order valence-electron chi connectivity index (χ1n) is 21.7. The number of carbonyl (C=O) groups excluding carboxylic acids is 4. The number of hydrogen-bond acceptors (Lipinski definition) is 11. The maximum absolute atomic E-state index is 15.4. The van der Waals surface area contributed by atoms with Gasteiger partial charge in [0.15, 0.2) is 5.60 Å². The van der Waals surface area contributed by atoms with E-state index in [-0.39, 0.29) is 50.0 Å². The number of amides is 3. The summed E-state index contributed by atoms with van der Waals surface area (Å²) >= 11 is 0. The molecule has 64 heavy (non-hydrogen) atoms. The zero-order chi connectivity index (χ0) is 44.9. The van der Waals surface area contributed by atoms with Crippen molar-refractivity contribution in [3.8, 4) is 22.5 Å². The third-order valence-corrected chi connectivity index (χ3v) is 13.2. The first kappa shape index (κ1) is 42.8. The highest BCUT2D eigenvalue weighted by atomic mass is 19.1. The number of ether oxygens (including phenoxy) is 3. The van der Waals surface area contributed by atoms with Gasteiger partial charge in [-0.05, 0) is 97.0 Å². The molecule has 3 atom stereocenters. The SMILES string of the molecule is CC[C@@]1(O)C(=O)OCc2c1cc1n(c2=O)Cc2c-1nc1cc(F)c(C)c3c1c2[C@@H](NC(=O)COCNC(=O)[C@H](CCCCN)NC(=O)OCC1c2ccccc2-c2ccccc21)CC3. The first-order valence-corrected chi connectivity index (χ1v) is 21.7. The lowest BCUT2D eigenvalue weighted by atomic mass is 9.81. The fraction of sp³-hybridized carbons (Fsp3) is 0.375. The predicted molar refractivity (Wildman–Crippen MR) is 232 cm³/mol. The van der Waals surface area contributed by atoms with Gasteiger partial charge in [-0.3, -0.25) is 14.4 Å². The number of rotatable bonds is 14. The molecular formula is C48H49FN6O9. The second-order valence-corrected chi connectivity index (χ2v) is 16.8. The topological polar surface area (TPSA) is 213 Å². The molecule has 2 aromatic heterocycles. The number of esters is 1. The van der Waals surface area contributed by atoms with E-state index in [1.807, 2.05) is 48.5 Å². The van der Waals surface area contributed by atoms with E-state index in [0.717, 1.165) is 27.8 Å². The number of nitrogens with two attached hydrogens (primary N) is 1. The van der Waals surface area contributed by atoms with E-state index in [2.05, 4.69) is 16.0 Å². The van der Waals surface area contributed by atoms with Crippen molar-refractivity contribution >= 4 is 34.8 Å². The number of aliphatic hydroxyl groups is 1. The first-order chi connectivity index (χ1) is 30.9. The van der Waals surface area contributed by atoms with Crippen molar-refractivity contribution < 1.29 is 42.9 Å². The molecule has 0 unspecified atom stereocenters. The number of cyclic esters (lactones) is 1. The van der Waals surface area contributed by atoms with Crippen molar-refractivity contribution in [1.29, 1.82) is 0 Å². The number of nitrogens with zero attached hydrogens (tertiary/aromatic N) is 2. The highest BCUT2D eigenvalue weighted by molar-refractivity contribution is 5.94. The van der Waals surface area contributed by atoms with Gasteiger partial charge in [0.25, 0.3) is 5.56 Å². The van der Waals surface area contributed by atoms with Gasteiger partial charge < -0.3 is 45.6 Å². The second-order valence-electron chi connectivity index (χ2n) is 16.8. The normalized spacial score (nSPS) is 18.3. The Morgan fingerprint density at radius 2 is 1.78 bits per heavy atom. The molecule has 332 valence electrons. The third kappa shape index (κ3) is 7.38. The quantitative estimate of drug-likeness (QED) is 0.0572. The summed E-state index contributed by atoms with van der Waals surface area (Å²) in [4.78, 5) is 71.6. The van der Waals surface area contributed by atoms with Crippen LogP contribution in [0.3, 0.4) is 0 Å². The molecule has 6 N–H and O–H groups in total. The van der Waals surface area contributed by atoms with E-state index in [9.17, 15) is 29.1 Å². The molecular weight excluding hydrogens is 824 g/mol. The molecule has 3 amide bonds. The van der Waals surface area contributed by atoms with Gasteiger partial charge in [-0.2, -0.15) is 0 Å². The van der Waals surface area contributed by atoms with Crippen molar-refractivity contribution in [3.63, 3.8) is 0 Å². The molecule has 0 saturated heterocycles. The van der Waals surface area contributed by atoms with Crippen LogP contribution in [-0.4, -0.2) is 71.1 Å². The summed E-state index contributed by atoms with van der Waals surface area (Å²) in [5, 5.41) is 20.5. The van der Waals surface area contributed by atoms with Gasteiger partial charge in [-0.25, -0.2) is 19.0 Å². The summed E-state index contributed by atoms with van der Waals surface area (Å²) in [6.45, 7) is 2.89. The number of aryl methyl sites for hydroxylation is 1. The number of benzene rings is 3. The van der Waals surface area contributed by atoms with Crippen LogP contribution in [0.4, 0.5) is 9.18 Å². The minimum atomic E-state index is -2.02. The molecule has 4 heterocycles. The Morgan fingerprint density at radius 1 is 1.05 bits per heavy atom. The number of aromatic nitrogens is 2. The zero-order valence-electron chi connectivity index (χ0n) is 35.6. The van der Waals surface area contributed by atoms with Crippen molar-refractivity contribution in [2.45, 2.75) is 89.1 Å². The monoisotopic (exact) mass is 872 g/mol. The summed E-state index contributed by atoms with van der Waals surface area (Å²) < 4.78 is 33.4. The van der Waals surface area contributed by atoms with Crippen molar-refractivity contribution in [1.82, 2.24) is 25.5 Å². The average molecular weight is 873 g/mol. The number of pyridine rings is 2. The second kappa shape index (κ2) is 17.2. The minimum absolute atomic E-state index is 0.0216. The molecule has 9 rings (SSSR count). The Hall–Kier alpha value is -6.49. The Kier molecular flexibility index (Phi) is 11.5. The minimum Gasteiger partial charge on any atom is -0.458 e. The number of carbonyl (C=O) groups is 4. The Balaban J connectivity index is 0.867. The van der Waals surface area contributed by atoms with Crippen LogP contribution in [0, 0.1) is 12.7 Å². The van der Waals surface area contributed by atoms with Gasteiger partial charge in [0.1, 0.15) is 38.4 Å². The summed E-state index contributed by atoms with van der Waals surface area (Å²) in [6.07, 6.45) is 1.61. The Bertz CT molecular complexity index is 2760. The summed E-state index contributed by atoms with van der Waals surface area (Å²) in [6, 6.07) is 17.4. The van der Waals surface area contributed by atoms with Gasteiger partial charge in [-0.15, -0.1) is 0 Å². The van der Waals surface area contributed by atoms with Crippen LogP contribution in [0.2, 0.25) is 0 Å². The summed E-state index contributed by atoms with van der Waals surface area (Å²) in [5.41, 5.74) is 11.6. The lowest BCUT2D eigenvalue weighted by molar-refractivity contribution is -0.172. The molecule has 5 aromatic rings. The Morgan fingerprint density at radius 3 is 2.50 bits per heavy atom. The molecule has 0 bridgehead atoms. The van der Waals surface area contributed by atoms with Crippen LogP contribution < -0.4 is 27.2 Å². The van der Waals surface area contributed by atoms with E-state index in [1.54, 1.807) is 19.9 Å². The fourth-order valence-electron chi connectivity index (χ4n) is 9.87. The van der Waals surface area contributed by atoms with Crippen LogP contribution in [0.5, 0.6) is 0 Å². The fourth-order valence-corrected chi connectivity index (χ4v) is 9.87. The van der Waals surface area contributed by atoms with Gasteiger partial charge in [0, 0.05) is 28.5 Å². The molecule has 2 aliphatic heterocycles. The molecule has 0 radical (unpaired) electrons. The van der Waals surface area contributed by atoms with Crippen molar-refractivity contribution in [3.05, 3.63) is 121 Å². The molecule has 0 fully saturated rings. The number of unbranched alkanes of at least 4 members (excludes halogenated alkanes) is 1. The number of hydrogen-bond donors (Lipinski definition) is 5. The zero-order valence-corrected chi connectivity index (χ0v) is 35.6. The van der Waals surface area contributed by atoms with Crippen LogP contribution in [-0.2, 0) is 53.8 Å². The number of halogens is 1. The van der Waals surface area contributed by atoms with Gasteiger partial charge in [0.05, 0.1) is 35.1 Å². The van der Waals surface area contributed by atoms with Crippen molar-refractivity contribution in [2.24, 2.45) is 5.73 Å². The molecule has 0 spiro atoms. The van der Waals surface area contributed by atoms with Gasteiger partial charge >= 0.3 is 12.1 Å². The number of nitrogens with one attached hydrogen (secondary N) is 3. The van der Waals surface area contributed by atoms with E-state index in [1.165, 1.54) is 10.6 Å². The van der Waals surface area contributed by atoms with Crippen LogP contribution in [0.15, 0.2) is 65.5 Å². The maximum Gasteiger partial charge on any atom is 0.407 e. The Labute approximate surface area is 367 Å². The maximum atomic E-state index is 15.4. The van der Waals surface area contributed by atoms with Gasteiger partial charge in [-0.1, -0.05) is 55.5 Å². The van der Waals surface area contributed by atoms with Crippen LogP contribution in [0.25, 0.3) is 33.4 Å². The van der Waals surface area contributed by atoms with E-state index >= 15 is 4.39 Å². The molecule has 2 aliphatic carbocycles. The largest absolute Gasteiger partial charge is 0.458 e. The smallest absolute Gasteiger partial charge is 0.407 e. The molecule has 16 heteroatoms. The molecule has 3 aromatic carbocycles. The highest BCUT2D eigenvalue weighted by Crippen LogP contribution is 2.47. The number of alkyl carbamates (subject to hydrolysis) is 1. The van der Waals surface area contributed by atoms with E-state index < -0.39 is 59.5 Å². The van der Waals surface area contributed by atoms with Crippen LogP contribution in [0.1, 0.15) is 95.5 Å². The lowest BCUT2D eigenvalue weighted by Crippen LogP contribution is -2.47. The summed E-state index contributed by atoms with van der Waals surface area (Å²) in [7, 11) is 0. The van der Waals surface area contributed by atoms with Crippen molar-refractivity contribution in [2.75, 3.05) is 26.5 Å². The molecule has 15 nitrogen and oxygen atoms in total. The molecule has 0 saturated carbocycles.